The third kappa shape index (κ3) is 63.6. The van der Waals surface area contributed by atoms with Crippen LogP contribution < -0.4 is 0 Å². The molecular weight excluding hydrogens is 1150 g/mol. The number of unbranched alkanes of at least 4 members (excludes halogenated alkanes) is 21. The van der Waals surface area contributed by atoms with Crippen LogP contribution in [0.1, 0.15) is 252 Å². The Balaban J connectivity index is 4.67. The molecule has 0 bridgehead atoms. The third-order valence-electron chi connectivity index (χ3n) is 13.5. The topological polar surface area (TPSA) is 231 Å². The molecule has 16 nitrogen and oxygen atoms in total. The lowest BCUT2D eigenvalue weighted by Crippen LogP contribution is -2.30. The monoisotopic (exact) mass is 1260 g/mol. The van der Waals surface area contributed by atoms with E-state index in [4.69, 9.17) is 32.3 Å². The fraction of sp³-hybridized carbons (Fsp3) is 0.696. The molecule has 500 valence electrons. The molecule has 0 amide bonds. The first-order valence-electron chi connectivity index (χ1n) is 33.2. The summed E-state index contributed by atoms with van der Waals surface area (Å²) in [7, 11) is -9.78. The zero-order chi connectivity index (χ0) is 63.8. The van der Waals surface area contributed by atoms with E-state index in [1.54, 1.807) is 0 Å². The largest absolute Gasteiger partial charge is 0.472 e. The van der Waals surface area contributed by atoms with Crippen LogP contribution in [-0.2, 0) is 55.8 Å². The fourth-order valence-corrected chi connectivity index (χ4v) is 10.1. The quantitative estimate of drug-likeness (QED) is 0.0146. The molecule has 0 radical (unpaired) electrons. The molecule has 0 spiro atoms. The van der Waals surface area contributed by atoms with Gasteiger partial charge in [0, 0.05) is 19.3 Å². The van der Waals surface area contributed by atoms with Gasteiger partial charge in [0.15, 0.2) is 6.10 Å². The van der Waals surface area contributed by atoms with Crippen LogP contribution in [0.4, 0.5) is 0 Å². The maximum Gasteiger partial charge on any atom is 0.472 e. The first kappa shape index (κ1) is 83.2. The van der Waals surface area contributed by atoms with Gasteiger partial charge in [0.1, 0.15) is 25.4 Å². The van der Waals surface area contributed by atoms with Crippen LogP contribution in [0.25, 0.3) is 0 Å². The summed E-state index contributed by atoms with van der Waals surface area (Å²) in [4.78, 5) is 58.3. The van der Waals surface area contributed by atoms with Gasteiger partial charge in [-0.1, -0.05) is 239 Å². The minimum Gasteiger partial charge on any atom is -0.463 e. The summed E-state index contributed by atoms with van der Waals surface area (Å²) in [6.07, 6.45) is 68.6. The third-order valence-corrected chi connectivity index (χ3v) is 15.4. The Morgan fingerprint density at radius 3 is 0.989 bits per heavy atom. The number of hydrogen-bond donors (Lipinski definition) is 4. The summed E-state index contributed by atoms with van der Waals surface area (Å²) in [5, 5.41) is 20.5. The number of carbonyl (C=O) groups excluding carboxylic acids is 3. The number of carbonyl (C=O) groups is 3. The number of esters is 3. The highest BCUT2D eigenvalue weighted by atomic mass is 31.2. The van der Waals surface area contributed by atoms with Crippen LogP contribution in [0.3, 0.4) is 0 Å². The molecule has 4 N–H and O–H groups in total. The Morgan fingerprint density at radius 2 is 0.609 bits per heavy atom. The fourth-order valence-electron chi connectivity index (χ4n) is 8.47. The first-order valence-corrected chi connectivity index (χ1v) is 36.2. The van der Waals surface area contributed by atoms with E-state index in [1.807, 2.05) is 0 Å². The van der Waals surface area contributed by atoms with Crippen LogP contribution in [-0.4, -0.2) is 95.9 Å². The van der Waals surface area contributed by atoms with E-state index in [-0.39, 0.29) is 19.3 Å². The normalized spacial score (nSPS) is 15.0. The Labute approximate surface area is 526 Å². The van der Waals surface area contributed by atoms with Crippen molar-refractivity contribution < 1.29 is 75.8 Å². The van der Waals surface area contributed by atoms with Gasteiger partial charge in [-0.15, -0.1) is 0 Å². The minimum atomic E-state index is -4.93. The van der Waals surface area contributed by atoms with Gasteiger partial charge in [-0.3, -0.25) is 32.5 Å². The standard InChI is InChI=1S/C69H118O16P2/c1-4-7-10-13-16-19-22-25-27-29-30-31-32-34-36-38-40-43-46-49-52-55-67(72)79-58-64(70)59-81-86(75,76)82-60-65(71)61-83-87(77,78)84-63-66(85-69(74)57-54-51-48-45-42-37-24-21-18-15-12-9-6-3)62-80-68(73)56-53-50-47-44-41-39-35-33-28-26-23-20-17-14-11-8-5-2/h7-8,10-11,16-17,19-20,25-28,30-31,34,36,40,43,64-66,70-71H,4-6,9,12-15,18,21-24,29,32-33,35,37-39,41-42,44-63H2,1-3H3,(H,75,76)(H,77,78)/b10-7-,11-8-,19-16-,20-17-,27-25-,28-26-,31-30-,36-34-,43-40-. The highest BCUT2D eigenvalue weighted by Crippen LogP contribution is 2.45. The van der Waals surface area contributed by atoms with Crippen LogP contribution in [0.15, 0.2) is 109 Å². The van der Waals surface area contributed by atoms with Crippen molar-refractivity contribution in [2.75, 3.05) is 39.6 Å². The molecule has 0 saturated heterocycles. The molecule has 0 aliphatic heterocycles. The number of phosphoric acid groups is 2. The Morgan fingerprint density at radius 1 is 0.333 bits per heavy atom. The number of phosphoric ester groups is 2. The van der Waals surface area contributed by atoms with Gasteiger partial charge in [0.2, 0.25) is 0 Å². The number of ether oxygens (including phenoxy) is 3. The summed E-state index contributed by atoms with van der Waals surface area (Å²) in [5.41, 5.74) is 0. The molecule has 5 unspecified atom stereocenters. The van der Waals surface area contributed by atoms with Gasteiger partial charge in [-0.05, 0) is 103 Å². The van der Waals surface area contributed by atoms with E-state index in [9.17, 15) is 43.5 Å². The van der Waals surface area contributed by atoms with Gasteiger partial charge in [0.25, 0.3) is 0 Å². The molecule has 0 heterocycles. The second-order valence-corrected chi connectivity index (χ2v) is 24.8. The molecule has 0 aromatic carbocycles. The van der Waals surface area contributed by atoms with Crippen molar-refractivity contribution in [3.63, 3.8) is 0 Å². The number of allylic oxidation sites excluding steroid dienone is 18. The number of hydrogen-bond acceptors (Lipinski definition) is 14. The highest BCUT2D eigenvalue weighted by molar-refractivity contribution is 7.47. The minimum absolute atomic E-state index is 0.103. The van der Waals surface area contributed by atoms with E-state index in [0.29, 0.717) is 19.3 Å². The van der Waals surface area contributed by atoms with E-state index >= 15 is 0 Å². The lowest BCUT2D eigenvalue weighted by Gasteiger charge is -2.21. The average molecular weight is 1270 g/mol. The molecule has 87 heavy (non-hydrogen) atoms. The summed E-state index contributed by atoms with van der Waals surface area (Å²) < 4.78 is 60.8. The molecule has 5 atom stereocenters. The van der Waals surface area contributed by atoms with E-state index in [2.05, 4.69) is 130 Å². The number of aliphatic hydroxyl groups excluding tert-OH is 2. The summed E-state index contributed by atoms with van der Waals surface area (Å²) >= 11 is 0. The van der Waals surface area contributed by atoms with E-state index < -0.39 is 91.5 Å². The Hall–Kier alpha value is -3.79. The number of rotatable bonds is 62. The van der Waals surface area contributed by atoms with Crippen LogP contribution in [0.5, 0.6) is 0 Å². The highest BCUT2D eigenvalue weighted by Gasteiger charge is 2.29. The first-order chi connectivity index (χ1) is 42.2. The van der Waals surface area contributed by atoms with Crippen LogP contribution in [0.2, 0.25) is 0 Å². The second-order valence-electron chi connectivity index (χ2n) is 21.9. The van der Waals surface area contributed by atoms with E-state index in [1.165, 1.54) is 51.4 Å². The Kier molecular flexibility index (Phi) is 59.7. The molecule has 0 aromatic heterocycles. The van der Waals surface area contributed by atoms with Crippen LogP contribution >= 0.6 is 15.6 Å². The lowest BCUT2D eigenvalue weighted by atomic mass is 10.0. The van der Waals surface area contributed by atoms with Gasteiger partial charge in [0.05, 0.1) is 26.4 Å². The molecule has 0 fully saturated rings. The number of aliphatic hydroxyl groups is 2. The maximum atomic E-state index is 12.9. The van der Waals surface area contributed by atoms with Gasteiger partial charge >= 0.3 is 33.6 Å². The molecule has 0 rings (SSSR count). The van der Waals surface area contributed by atoms with Gasteiger partial charge in [-0.25, -0.2) is 9.13 Å². The maximum absolute atomic E-state index is 12.9. The zero-order valence-electron chi connectivity index (χ0n) is 53.9. The molecule has 0 aromatic rings. The summed E-state index contributed by atoms with van der Waals surface area (Å²) in [5.74, 6) is -1.63. The smallest absolute Gasteiger partial charge is 0.463 e. The Bertz CT molecular complexity index is 2030. The van der Waals surface area contributed by atoms with Crippen molar-refractivity contribution in [3.05, 3.63) is 109 Å². The van der Waals surface area contributed by atoms with Crippen LogP contribution in [0, 0.1) is 0 Å². The molecular formula is C69H118O16P2. The van der Waals surface area contributed by atoms with Crippen molar-refractivity contribution in [2.45, 2.75) is 270 Å². The lowest BCUT2D eigenvalue weighted by molar-refractivity contribution is -0.161. The SMILES string of the molecule is CC/C=C\C/C=C\C/C=C\C/C=C\C/C=C\C/C=C\CCCCC(=O)OCC(O)COP(=O)(O)OCC(O)COP(=O)(O)OCC(COC(=O)CCCCCCCCC/C=C\C/C=C\C/C=C\CC)OC(=O)CCCCCCCCCCCCCCC. The van der Waals surface area contributed by atoms with Crippen molar-refractivity contribution in [3.8, 4) is 0 Å². The van der Waals surface area contributed by atoms with Crippen molar-refractivity contribution >= 4 is 33.6 Å². The molecule has 0 aliphatic carbocycles. The predicted molar refractivity (Wildman–Crippen MR) is 353 cm³/mol. The predicted octanol–water partition coefficient (Wildman–Crippen LogP) is 18.1. The van der Waals surface area contributed by atoms with Crippen molar-refractivity contribution in [2.24, 2.45) is 0 Å². The summed E-state index contributed by atoms with van der Waals surface area (Å²) in [6.45, 7) is 2.37. The van der Waals surface area contributed by atoms with Crippen molar-refractivity contribution in [1.29, 1.82) is 0 Å². The average Bonchev–Trinajstić information content (AvgIpc) is 3.69. The molecule has 18 heteroatoms. The molecule has 0 aliphatic rings. The zero-order valence-corrected chi connectivity index (χ0v) is 55.7. The van der Waals surface area contributed by atoms with Gasteiger partial charge in [-0.2, -0.15) is 0 Å². The van der Waals surface area contributed by atoms with E-state index in [0.717, 1.165) is 141 Å². The molecule has 0 saturated carbocycles. The van der Waals surface area contributed by atoms with Crippen molar-refractivity contribution in [1.82, 2.24) is 0 Å². The summed E-state index contributed by atoms with van der Waals surface area (Å²) in [6, 6.07) is 0. The van der Waals surface area contributed by atoms with Gasteiger partial charge < -0.3 is 34.2 Å². The second kappa shape index (κ2) is 62.4.